The van der Waals surface area contributed by atoms with Crippen molar-refractivity contribution in [1.29, 1.82) is 0 Å². The first-order valence-corrected chi connectivity index (χ1v) is 12.2. The van der Waals surface area contributed by atoms with Crippen LogP contribution in [0.15, 0.2) is 71.6 Å². The third kappa shape index (κ3) is 5.42. The number of nitrogens with one attached hydrogen (secondary N) is 2. The monoisotopic (exact) mass is 465 g/mol. The van der Waals surface area contributed by atoms with E-state index in [1.54, 1.807) is 36.4 Å². The van der Waals surface area contributed by atoms with E-state index in [1.165, 1.54) is 10.4 Å². The van der Waals surface area contributed by atoms with Gasteiger partial charge in [0.1, 0.15) is 16.4 Å². The second-order valence-corrected chi connectivity index (χ2v) is 9.97. The maximum atomic E-state index is 13.5. The van der Waals surface area contributed by atoms with Gasteiger partial charge in [0, 0.05) is 37.4 Å². The number of piperazine rings is 1. The van der Waals surface area contributed by atoms with E-state index >= 15 is 0 Å². The third-order valence-corrected chi connectivity index (χ3v) is 7.27. The highest BCUT2D eigenvalue weighted by Gasteiger charge is 2.30. The van der Waals surface area contributed by atoms with E-state index in [9.17, 15) is 13.2 Å². The van der Waals surface area contributed by atoms with Crippen LogP contribution in [0, 0.1) is 13.8 Å². The predicted molar refractivity (Wildman–Crippen MR) is 128 cm³/mol. The zero-order chi connectivity index (χ0) is 23.4. The molecule has 4 rings (SSSR count). The molecule has 0 unspecified atom stereocenters. The first-order chi connectivity index (χ1) is 15.8. The third-order valence-electron chi connectivity index (χ3n) is 5.35. The van der Waals surface area contributed by atoms with E-state index in [0.717, 1.165) is 11.1 Å². The van der Waals surface area contributed by atoms with Gasteiger partial charge in [-0.3, -0.25) is 4.79 Å². The molecule has 7 nitrogen and oxygen atoms in total. The highest BCUT2D eigenvalue weighted by molar-refractivity contribution is 7.89. The average Bonchev–Trinajstić information content (AvgIpc) is 2.80. The highest BCUT2D eigenvalue weighted by atomic mass is 32.2. The molecule has 1 heterocycles. The van der Waals surface area contributed by atoms with Crippen LogP contribution in [0.3, 0.4) is 0 Å². The Labute approximate surface area is 194 Å². The van der Waals surface area contributed by atoms with E-state index in [0.29, 0.717) is 43.2 Å². The van der Waals surface area contributed by atoms with Crippen molar-refractivity contribution in [3.05, 3.63) is 83.4 Å². The lowest BCUT2D eigenvalue weighted by Gasteiger charge is -2.27. The zero-order valence-electron chi connectivity index (χ0n) is 18.7. The molecule has 1 aliphatic rings. The fraction of sp³-hybridized carbons (Fsp3) is 0.240. The lowest BCUT2D eigenvalue weighted by molar-refractivity contribution is 0.102. The molecule has 0 bridgehead atoms. The minimum Gasteiger partial charge on any atom is -0.456 e. The number of aryl methyl sites for hydroxylation is 2. The van der Waals surface area contributed by atoms with Gasteiger partial charge in [-0.15, -0.1) is 0 Å². The largest absolute Gasteiger partial charge is 0.456 e. The summed E-state index contributed by atoms with van der Waals surface area (Å²) in [6, 6.07) is 19.2. The molecule has 3 aromatic carbocycles. The van der Waals surface area contributed by atoms with Gasteiger partial charge in [0.25, 0.3) is 5.91 Å². The summed E-state index contributed by atoms with van der Waals surface area (Å²) in [5.41, 5.74) is 2.90. The second kappa shape index (κ2) is 9.74. The molecule has 8 heteroatoms. The van der Waals surface area contributed by atoms with Crippen molar-refractivity contribution in [2.45, 2.75) is 18.7 Å². The lowest BCUT2D eigenvalue weighted by Crippen LogP contribution is -2.46. The van der Waals surface area contributed by atoms with E-state index in [2.05, 4.69) is 10.6 Å². The van der Waals surface area contributed by atoms with Gasteiger partial charge in [-0.05, 0) is 67.4 Å². The summed E-state index contributed by atoms with van der Waals surface area (Å²) in [4.78, 5) is 12.6. The molecule has 3 aromatic rings. The standard InChI is InChI=1S/C25H27N3O4S/c1-18-14-19(2)16-22(15-18)32-23-9-8-21(27-25(29)20-6-4-3-5-7-20)17-24(23)33(30,31)28-12-10-26-11-13-28/h3-9,14-17,26H,10-13H2,1-2H3,(H,27,29). The SMILES string of the molecule is Cc1cc(C)cc(Oc2ccc(NC(=O)c3ccccc3)cc2S(=O)(=O)N2CCNCC2)c1. The van der Waals surface area contributed by atoms with Crippen molar-refractivity contribution >= 4 is 21.6 Å². The number of benzene rings is 3. The summed E-state index contributed by atoms with van der Waals surface area (Å²) in [6.45, 7) is 5.81. The minimum atomic E-state index is -3.84. The smallest absolute Gasteiger partial charge is 0.255 e. The van der Waals surface area contributed by atoms with Gasteiger partial charge in [-0.2, -0.15) is 4.31 Å². The maximum Gasteiger partial charge on any atom is 0.255 e. The van der Waals surface area contributed by atoms with Crippen molar-refractivity contribution in [3.8, 4) is 11.5 Å². The van der Waals surface area contributed by atoms with Crippen LogP contribution in [0.25, 0.3) is 0 Å². The number of sulfonamides is 1. The van der Waals surface area contributed by atoms with Gasteiger partial charge < -0.3 is 15.4 Å². The Bertz CT molecular complexity index is 1230. The quantitative estimate of drug-likeness (QED) is 0.576. The van der Waals surface area contributed by atoms with E-state index < -0.39 is 10.0 Å². The van der Waals surface area contributed by atoms with Crippen molar-refractivity contribution in [2.24, 2.45) is 0 Å². The van der Waals surface area contributed by atoms with Crippen LogP contribution < -0.4 is 15.4 Å². The molecule has 2 N–H and O–H groups in total. The van der Waals surface area contributed by atoms with Gasteiger partial charge in [-0.25, -0.2) is 8.42 Å². The number of amides is 1. The predicted octanol–water partition coefficient (Wildman–Crippen LogP) is 3.94. The second-order valence-electron chi connectivity index (χ2n) is 8.06. The van der Waals surface area contributed by atoms with E-state index in [-0.39, 0.29) is 16.6 Å². The molecule has 33 heavy (non-hydrogen) atoms. The van der Waals surface area contributed by atoms with Gasteiger partial charge in [0.15, 0.2) is 0 Å². The van der Waals surface area contributed by atoms with Gasteiger partial charge in [0.2, 0.25) is 10.0 Å². The number of carbonyl (C=O) groups excluding carboxylic acids is 1. The van der Waals surface area contributed by atoms with Crippen molar-refractivity contribution in [2.75, 3.05) is 31.5 Å². The number of hydrogen-bond donors (Lipinski definition) is 2. The molecule has 172 valence electrons. The Morgan fingerprint density at radius 1 is 0.939 bits per heavy atom. The lowest BCUT2D eigenvalue weighted by atomic mass is 10.1. The van der Waals surface area contributed by atoms with Gasteiger partial charge in [0.05, 0.1) is 0 Å². The summed E-state index contributed by atoms with van der Waals surface area (Å²) in [7, 11) is -3.84. The first kappa shape index (κ1) is 23.0. The van der Waals surface area contributed by atoms with Crippen LogP contribution >= 0.6 is 0 Å². The molecule has 1 aliphatic heterocycles. The average molecular weight is 466 g/mol. The van der Waals surface area contributed by atoms with Crippen molar-refractivity contribution in [1.82, 2.24) is 9.62 Å². The molecule has 0 aromatic heterocycles. The van der Waals surface area contributed by atoms with Crippen LogP contribution in [-0.4, -0.2) is 44.8 Å². The van der Waals surface area contributed by atoms with Crippen molar-refractivity contribution in [3.63, 3.8) is 0 Å². The molecular formula is C25H27N3O4S. The summed E-state index contributed by atoms with van der Waals surface area (Å²) in [6.07, 6.45) is 0. The number of rotatable bonds is 6. The summed E-state index contributed by atoms with van der Waals surface area (Å²) in [5, 5.41) is 5.96. The number of anilines is 1. The minimum absolute atomic E-state index is 0.0226. The van der Waals surface area contributed by atoms with Crippen LogP contribution in [0.4, 0.5) is 5.69 Å². The van der Waals surface area contributed by atoms with Crippen LogP contribution in [0.1, 0.15) is 21.5 Å². The fourth-order valence-corrected chi connectivity index (χ4v) is 5.39. The molecule has 0 spiro atoms. The molecule has 1 saturated heterocycles. The summed E-state index contributed by atoms with van der Waals surface area (Å²) < 4.78 is 34.6. The number of ether oxygens (including phenoxy) is 1. The van der Waals surface area contributed by atoms with Gasteiger partial charge >= 0.3 is 0 Å². The molecule has 0 radical (unpaired) electrons. The maximum absolute atomic E-state index is 13.5. The molecule has 1 fully saturated rings. The molecule has 0 atom stereocenters. The van der Waals surface area contributed by atoms with Crippen molar-refractivity contribution < 1.29 is 17.9 Å². The summed E-state index contributed by atoms with van der Waals surface area (Å²) >= 11 is 0. The van der Waals surface area contributed by atoms with Gasteiger partial charge in [-0.1, -0.05) is 24.3 Å². The molecule has 0 saturated carbocycles. The Balaban J connectivity index is 1.71. The summed E-state index contributed by atoms with van der Waals surface area (Å²) in [5.74, 6) is 0.464. The number of carbonyl (C=O) groups is 1. The molecule has 1 amide bonds. The fourth-order valence-electron chi connectivity index (χ4n) is 3.81. The number of hydrogen-bond acceptors (Lipinski definition) is 5. The zero-order valence-corrected chi connectivity index (χ0v) is 19.5. The Morgan fingerprint density at radius 2 is 1.61 bits per heavy atom. The Hall–Kier alpha value is -3.20. The topological polar surface area (TPSA) is 87.7 Å². The first-order valence-electron chi connectivity index (χ1n) is 10.8. The van der Waals surface area contributed by atoms with E-state index in [1.807, 2.05) is 38.1 Å². The van der Waals surface area contributed by atoms with Crippen LogP contribution in [0.5, 0.6) is 11.5 Å². The van der Waals surface area contributed by atoms with Crippen LogP contribution in [0.2, 0.25) is 0 Å². The Kier molecular flexibility index (Phi) is 6.78. The van der Waals surface area contributed by atoms with E-state index in [4.69, 9.17) is 4.74 Å². The molecular weight excluding hydrogens is 438 g/mol. The normalized spacial score (nSPS) is 14.6. The van der Waals surface area contributed by atoms with Crippen LogP contribution in [-0.2, 0) is 10.0 Å². The number of nitrogens with zero attached hydrogens (tertiary/aromatic N) is 1. The molecule has 0 aliphatic carbocycles. The Morgan fingerprint density at radius 3 is 2.27 bits per heavy atom. The highest BCUT2D eigenvalue weighted by Crippen LogP contribution is 2.34.